The van der Waals surface area contributed by atoms with E-state index in [2.05, 4.69) is 10.3 Å². The number of hydrogen-bond donors (Lipinski definition) is 2. The molecule has 126 valence electrons. The number of ether oxygens (including phenoxy) is 2. The van der Waals surface area contributed by atoms with E-state index in [1.165, 1.54) is 6.20 Å². The third kappa shape index (κ3) is 4.84. The summed E-state index contributed by atoms with van der Waals surface area (Å²) < 4.78 is 10.9. The van der Waals surface area contributed by atoms with Gasteiger partial charge in [0.15, 0.2) is 5.69 Å². The molecule has 23 heavy (non-hydrogen) atoms. The van der Waals surface area contributed by atoms with Crippen LogP contribution in [0.15, 0.2) is 12.3 Å². The van der Waals surface area contributed by atoms with Crippen LogP contribution in [-0.4, -0.2) is 39.9 Å². The third-order valence-electron chi connectivity index (χ3n) is 3.37. The maximum Gasteiger partial charge on any atom is 0.407 e. The Balaban J connectivity index is 1.79. The molecule has 1 amide bonds. The molecule has 1 heterocycles. The first kappa shape index (κ1) is 17.1. The summed E-state index contributed by atoms with van der Waals surface area (Å²) in [6.45, 7) is 7.12. The molecule has 7 heteroatoms. The lowest BCUT2D eigenvalue weighted by Crippen LogP contribution is -2.50. The fourth-order valence-corrected chi connectivity index (χ4v) is 2.28. The van der Waals surface area contributed by atoms with Gasteiger partial charge in [0.2, 0.25) is 0 Å². The van der Waals surface area contributed by atoms with Crippen molar-refractivity contribution >= 4 is 12.1 Å². The third-order valence-corrected chi connectivity index (χ3v) is 3.37. The first-order chi connectivity index (χ1) is 10.6. The topological polar surface area (TPSA) is 97.8 Å². The van der Waals surface area contributed by atoms with Gasteiger partial charge in [0.25, 0.3) is 0 Å². The van der Waals surface area contributed by atoms with Crippen LogP contribution >= 0.6 is 0 Å². The van der Waals surface area contributed by atoms with E-state index in [0.717, 1.165) is 0 Å². The normalized spacial score (nSPS) is 20.3. The molecule has 0 saturated heterocycles. The Bertz CT molecular complexity index is 603. The molecule has 0 unspecified atom stereocenters. The molecular formula is C16H22N2O5. The lowest BCUT2D eigenvalue weighted by molar-refractivity contribution is 0.0362. The smallest absolute Gasteiger partial charge is 0.407 e. The number of carboxylic acids is 1. The molecule has 0 atom stereocenters. The van der Waals surface area contributed by atoms with E-state index in [1.807, 2.05) is 20.8 Å². The molecule has 0 aromatic carbocycles. The van der Waals surface area contributed by atoms with E-state index in [0.29, 0.717) is 24.2 Å². The molecular weight excluding hydrogens is 300 g/mol. The van der Waals surface area contributed by atoms with Crippen LogP contribution in [0.25, 0.3) is 0 Å². The zero-order valence-electron chi connectivity index (χ0n) is 13.8. The van der Waals surface area contributed by atoms with Crippen molar-refractivity contribution in [1.82, 2.24) is 10.3 Å². The van der Waals surface area contributed by atoms with E-state index in [9.17, 15) is 9.59 Å². The Hall–Kier alpha value is -2.31. The number of hydrogen-bond acceptors (Lipinski definition) is 5. The maximum absolute atomic E-state index is 11.6. The van der Waals surface area contributed by atoms with E-state index in [1.54, 1.807) is 13.0 Å². The minimum absolute atomic E-state index is 0.0215. The highest BCUT2D eigenvalue weighted by atomic mass is 16.6. The number of alkyl carbamates (subject to hydrolysis) is 1. The Kier molecular flexibility index (Phi) is 4.77. The van der Waals surface area contributed by atoms with Gasteiger partial charge in [-0.15, -0.1) is 0 Å². The highest BCUT2D eigenvalue weighted by Crippen LogP contribution is 2.27. The summed E-state index contributed by atoms with van der Waals surface area (Å²) in [4.78, 5) is 26.4. The number of nitrogens with zero attached hydrogens (tertiary/aromatic N) is 1. The average Bonchev–Trinajstić information content (AvgIpc) is 2.33. The summed E-state index contributed by atoms with van der Waals surface area (Å²) in [5, 5.41) is 11.7. The van der Waals surface area contributed by atoms with Crippen molar-refractivity contribution in [2.75, 3.05) is 0 Å². The number of rotatable bonds is 4. The number of carboxylic acid groups (broad SMARTS) is 1. The number of aromatic nitrogens is 1. The van der Waals surface area contributed by atoms with Crippen LogP contribution in [0.3, 0.4) is 0 Å². The molecule has 1 aliphatic rings. The van der Waals surface area contributed by atoms with E-state index in [-0.39, 0.29) is 17.8 Å². The minimum atomic E-state index is -1.06. The number of nitrogens with one attached hydrogen (secondary N) is 1. The van der Waals surface area contributed by atoms with E-state index >= 15 is 0 Å². The van der Waals surface area contributed by atoms with Crippen LogP contribution in [0.4, 0.5) is 4.79 Å². The standard InChI is InChI=1S/C16H22N2O5/c1-9-5-12(8-17-13(9)14(19)20)22-11-6-10(7-11)18-15(21)23-16(2,3)4/h5,8,10-11H,6-7H2,1-4H3,(H,18,21)(H,19,20). The molecule has 1 aliphatic carbocycles. The SMILES string of the molecule is Cc1cc(OC2CC(NC(=O)OC(C)(C)C)C2)cnc1C(=O)O. The van der Waals surface area contributed by atoms with Crippen LogP contribution in [0.2, 0.25) is 0 Å². The minimum Gasteiger partial charge on any atom is -0.489 e. The summed E-state index contributed by atoms with van der Waals surface area (Å²) in [6.07, 6.45) is 2.32. The van der Waals surface area contributed by atoms with Crippen LogP contribution in [0.1, 0.15) is 49.7 Å². The van der Waals surface area contributed by atoms with Gasteiger partial charge in [-0.2, -0.15) is 0 Å². The molecule has 0 bridgehead atoms. The second-order valence-electron chi connectivity index (χ2n) is 6.70. The fraction of sp³-hybridized carbons (Fsp3) is 0.562. The van der Waals surface area contributed by atoms with E-state index < -0.39 is 17.7 Å². The number of aromatic carboxylic acids is 1. The Morgan fingerprint density at radius 2 is 2.00 bits per heavy atom. The summed E-state index contributed by atoms with van der Waals surface area (Å²) in [5.74, 6) is -0.521. The van der Waals surface area contributed by atoms with E-state index in [4.69, 9.17) is 14.6 Å². The highest BCUT2D eigenvalue weighted by Gasteiger charge is 2.33. The molecule has 7 nitrogen and oxygen atoms in total. The van der Waals surface area contributed by atoms with Gasteiger partial charge in [-0.1, -0.05) is 0 Å². The lowest BCUT2D eigenvalue weighted by atomic mass is 9.89. The van der Waals surface area contributed by atoms with Crippen molar-refractivity contribution in [2.24, 2.45) is 0 Å². The van der Waals surface area contributed by atoms with Gasteiger partial charge in [0.05, 0.1) is 6.20 Å². The zero-order valence-corrected chi connectivity index (χ0v) is 13.8. The molecule has 1 saturated carbocycles. The van der Waals surface area contributed by atoms with Crippen molar-refractivity contribution in [1.29, 1.82) is 0 Å². The van der Waals surface area contributed by atoms with Crippen LogP contribution in [-0.2, 0) is 4.74 Å². The summed E-state index contributed by atoms with van der Waals surface area (Å²) in [5.41, 5.74) is 0.0620. The highest BCUT2D eigenvalue weighted by molar-refractivity contribution is 5.87. The van der Waals surface area contributed by atoms with Gasteiger partial charge >= 0.3 is 12.1 Å². The molecule has 1 aromatic heterocycles. The largest absolute Gasteiger partial charge is 0.489 e. The van der Waals surface area contributed by atoms with Crippen molar-refractivity contribution in [3.8, 4) is 5.75 Å². The Morgan fingerprint density at radius 3 is 2.52 bits per heavy atom. The summed E-state index contributed by atoms with van der Waals surface area (Å²) in [7, 11) is 0. The molecule has 0 radical (unpaired) electrons. The van der Waals surface area contributed by atoms with Crippen molar-refractivity contribution in [2.45, 2.75) is 58.3 Å². The number of amides is 1. The van der Waals surface area contributed by atoms with Crippen LogP contribution in [0.5, 0.6) is 5.75 Å². The molecule has 0 spiro atoms. The number of aryl methyl sites for hydroxylation is 1. The second kappa shape index (κ2) is 6.44. The first-order valence-electron chi connectivity index (χ1n) is 7.50. The fourth-order valence-electron chi connectivity index (χ4n) is 2.28. The van der Waals surface area contributed by atoms with Gasteiger partial charge in [-0.25, -0.2) is 14.6 Å². The molecule has 1 aromatic rings. The lowest BCUT2D eigenvalue weighted by Gasteiger charge is -2.36. The quantitative estimate of drug-likeness (QED) is 0.884. The average molecular weight is 322 g/mol. The molecule has 0 aliphatic heterocycles. The van der Waals surface area contributed by atoms with Gasteiger partial charge in [-0.3, -0.25) is 0 Å². The first-order valence-corrected chi connectivity index (χ1v) is 7.50. The Morgan fingerprint density at radius 1 is 1.35 bits per heavy atom. The number of carbonyl (C=O) groups excluding carboxylic acids is 1. The van der Waals surface area contributed by atoms with Gasteiger partial charge in [0, 0.05) is 18.9 Å². The summed E-state index contributed by atoms with van der Waals surface area (Å²) in [6, 6.07) is 1.69. The predicted molar refractivity (Wildman–Crippen MR) is 82.7 cm³/mol. The predicted octanol–water partition coefficient (Wildman–Crippen LogP) is 2.52. The zero-order chi connectivity index (χ0) is 17.2. The van der Waals surface area contributed by atoms with Crippen molar-refractivity contribution in [3.63, 3.8) is 0 Å². The Labute approximate surface area is 135 Å². The van der Waals surface area contributed by atoms with Crippen LogP contribution < -0.4 is 10.1 Å². The van der Waals surface area contributed by atoms with Gasteiger partial charge < -0.3 is 19.9 Å². The van der Waals surface area contributed by atoms with Crippen molar-refractivity contribution < 1.29 is 24.2 Å². The monoisotopic (exact) mass is 322 g/mol. The number of pyridine rings is 1. The number of carbonyl (C=O) groups is 2. The van der Waals surface area contributed by atoms with Gasteiger partial charge in [-0.05, 0) is 39.3 Å². The maximum atomic E-state index is 11.6. The van der Waals surface area contributed by atoms with Crippen LogP contribution in [0, 0.1) is 6.92 Å². The van der Waals surface area contributed by atoms with Gasteiger partial charge in [0.1, 0.15) is 17.5 Å². The molecule has 1 fully saturated rings. The molecule has 2 N–H and O–H groups in total. The second-order valence-corrected chi connectivity index (χ2v) is 6.70. The molecule has 2 rings (SSSR count). The summed E-state index contributed by atoms with van der Waals surface area (Å²) >= 11 is 0. The van der Waals surface area contributed by atoms with Crippen molar-refractivity contribution in [3.05, 3.63) is 23.5 Å².